The van der Waals surface area contributed by atoms with Gasteiger partial charge in [0.05, 0.1) is 26.8 Å². The predicted molar refractivity (Wildman–Crippen MR) is 81.1 cm³/mol. The van der Waals surface area contributed by atoms with E-state index in [1.165, 1.54) is 6.20 Å². The van der Waals surface area contributed by atoms with Crippen LogP contribution in [0.4, 0.5) is 13.2 Å². The molecular formula is C14H6Cl3F3N2. The number of hydrogen-bond donors (Lipinski definition) is 0. The van der Waals surface area contributed by atoms with Gasteiger partial charge >= 0.3 is 6.18 Å². The normalized spacial score (nSPS) is 12.1. The molecule has 2 nitrogen and oxygen atoms in total. The van der Waals surface area contributed by atoms with Crippen LogP contribution in [0.2, 0.25) is 15.2 Å². The van der Waals surface area contributed by atoms with Crippen LogP contribution in [0.1, 0.15) is 5.56 Å². The van der Waals surface area contributed by atoms with Crippen molar-refractivity contribution in [1.82, 2.24) is 9.55 Å². The number of hydrogen-bond acceptors (Lipinski definition) is 1. The molecule has 2 heterocycles. The highest BCUT2D eigenvalue weighted by molar-refractivity contribution is 6.38. The first kappa shape index (κ1) is 15.5. The minimum Gasteiger partial charge on any atom is -0.314 e. The maximum absolute atomic E-state index is 12.8. The Morgan fingerprint density at radius 2 is 1.64 bits per heavy atom. The first-order chi connectivity index (χ1) is 10.3. The van der Waals surface area contributed by atoms with Gasteiger partial charge in [-0.3, -0.25) is 0 Å². The molecule has 0 atom stereocenters. The standard InChI is InChI=1S/C14H6Cl3F3N2/c15-9-5-7(14(18,19)20)6-10(16)12(9)22-4-2-8-11(22)1-3-21-13(8)17/h1-6H. The highest BCUT2D eigenvalue weighted by atomic mass is 35.5. The molecule has 0 spiro atoms. The largest absolute Gasteiger partial charge is 0.416 e. The molecule has 0 unspecified atom stereocenters. The monoisotopic (exact) mass is 364 g/mol. The van der Waals surface area contributed by atoms with E-state index in [1.807, 2.05) is 0 Å². The summed E-state index contributed by atoms with van der Waals surface area (Å²) < 4.78 is 39.9. The third-order valence-corrected chi connectivity index (χ3v) is 4.03. The van der Waals surface area contributed by atoms with Crippen LogP contribution in [-0.2, 0) is 6.18 Å². The van der Waals surface area contributed by atoms with Gasteiger partial charge in [-0.15, -0.1) is 0 Å². The predicted octanol–water partition coefficient (Wildman–Crippen LogP) is 6.00. The van der Waals surface area contributed by atoms with E-state index in [9.17, 15) is 13.2 Å². The molecule has 0 aliphatic carbocycles. The van der Waals surface area contributed by atoms with Crippen LogP contribution >= 0.6 is 34.8 Å². The van der Waals surface area contributed by atoms with Crippen LogP contribution in [0.3, 0.4) is 0 Å². The van der Waals surface area contributed by atoms with Crippen LogP contribution in [-0.4, -0.2) is 9.55 Å². The third-order valence-electron chi connectivity index (χ3n) is 3.15. The molecule has 0 fully saturated rings. The molecule has 0 amide bonds. The van der Waals surface area contributed by atoms with Gasteiger partial charge in [-0.1, -0.05) is 34.8 Å². The highest BCUT2D eigenvalue weighted by Crippen LogP contribution is 2.39. The molecule has 0 aliphatic rings. The molecule has 0 aliphatic heterocycles. The van der Waals surface area contributed by atoms with Gasteiger partial charge in [-0.25, -0.2) is 4.98 Å². The lowest BCUT2D eigenvalue weighted by atomic mass is 10.2. The summed E-state index contributed by atoms with van der Waals surface area (Å²) in [5.74, 6) is 0. The summed E-state index contributed by atoms with van der Waals surface area (Å²) in [7, 11) is 0. The van der Waals surface area contributed by atoms with Gasteiger partial charge in [0.1, 0.15) is 5.15 Å². The Morgan fingerprint density at radius 1 is 1.00 bits per heavy atom. The Kier molecular flexibility index (Phi) is 3.75. The molecule has 0 bridgehead atoms. The summed E-state index contributed by atoms with van der Waals surface area (Å²) in [4.78, 5) is 3.94. The van der Waals surface area contributed by atoms with Crippen LogP contribution in [0.5, 0.6) is 0 Å². The molecule has 0 saturated heterocycles. The molecule has 2 aromatic heterocycles. The van der Waals surface area contributed by atoms with Gasteiger partial charge in [-0.2, -0.15) is 13.2 Å². The molecule has 3 aromatic rings. The molecule has 0 radical (unpaired) electrons. The Labute approximate surface area is 138 Å². The fraction of sp³-hybridized carbons (Fsp3) is 0.0714. The lowest BCUT2D eigenvalue weighted by Gasteiger charge is -2.14. The van der Waals surface area contributed by atoms with Crippen molar-refractivity contribution in [2.75, 3.05) is 0 Å². The van der Waals surface area contributed by atoms with Crippen molar-refractivity contribution in [2.24, 2.45) is 0 Å². The van der Waals surface area contributed by atoms with E-state index in [1.54, 1.807) is 22.9 Å². The van der Waals surface area contributed by atoms with Crippen LogP contribution in [0.25, 0.3) is 16.6 Å². The Balaban J connectivity index is 2.26. The van der Waals surface area contributed by atoms with Gasteiger partial charge in [-0.05, 0) is 24.3 Å². The number of halogens is 6. The van der Waals surface area contributed by atoms with Gasteiger partial charge < -0.3 is 4.57 Å². The number of alkyl halides is 3. The van der Waals surface area contributed by atoms with E-state index >= 15 is 0 Å². The molecule has 3 rings (SSSR count). The maximum Gasteiger partial charge on any atom is 0.416 e. The molecule has 8 heteroatoms. The SMILES string of the molecule is FC(F)(F)c1cc(Cl)c(-n2ccc3c(Cl)nccc32)c(Cl)c1. The molecular weight excluding hydrogens is 360 g/mol. The van der Waals surface area contributed by atoms with Gasteiger partial charge in [0.2, 0.25) is 0 Å². The zero-order valence-corrected chi connectivity index (χ0v) is 12.9. The fourth-order valence-corrected chi connectivity index (χ4v) is 3.07. The van der Waals surface area contributed by atoms with E-state index in [0.717, 1.165) is 12.1 Å². The lowest BCUT2D eigenvalue weighted by Crippen LogP contribution is -2.06. The van der Waals surface area contributed by atoms with E-state index in [2.05, 4.69) is 4.98 Å². The average Bonchev–Trinajstić information content (AvgIpc) is 2.82. The van der Waals surface area contributed by atoms with Gasteiger partial charge in [0.15, 0.2) is 0 Å². The quantitative estimate of drug-likeness (QED) is 0.483. The lowest BCUT2D eigenvalue weighted by molar-refractivity contribution is -0.137. The number of nitrogens with zero attached hydrogens (tertiary/aromatic N) is 2. The Hall–Kier alpha value is -1.43. The third kappa shape index (κ3) is 2.53. The topological polar surface area (TPSA) is 17.8 Å². The Morgan fingerprint density at radius 3 is 2.23 bits per heavy atom. The fourth-order valence-electron chi connectivity index (χ4n) is 2.19. The van der Waals surface area contributed by atoms with E-state index in [0.29, 0.717) is 10.9 Å². The first-order valence-corrected chi connectivity index (χ1v) is 7.10. The van der Waals surface area contributed by atoms with Crippen LogP contribution in [0.15, 0.2) is 36.7 Å². The van der Waals surface area contributed by atoms with Crippen molar-refractivity contribution >= 4 is 45.7 Å². The second-order valence-electron chi connectivity index (χ2n) is 4.51. The second-order valence-corrected chi connectivity index (χ2v) is 5.68. The number of fused-ring (bicyclic) bond motifs is 1. The maximum atomic E-state index is 12.8. The summed E-state index contributed by atoms with van der Waals surface area (Å²) in [6.07, 6.45) is -1.40. The number of rotatable bonds is 1. The van der Waals surface area contributed by atoms with Crippen molar-refractivity contribution in [3.8, 4) is 5.69 Å². The molecule has 1 aromatic carbocycles. The smallest absolute Gasteiger partial charge is 0.314 e. The van der Waals surface area contributed by atoms with Crippen molar-refractivity contribution in [1.29, 1.82) is 0 Å². The van der Waals surface area contributed by atoms with Crippen molar-refractivity contribution in [3.05, 3.63) is 57.4 Å². The number of benzene rings is 1. The van der Waals surface area contributed by atoms with E-state index in [-0.39, 0.29) is 20.9 Å². The zero-order chi connectivity index (χ0) is 16.1. The van der Waals surface area contributed by atoms with Crippen molar-refractivity contribution in [3.63, 3.8) is 0 Å². The van der Waals surface area contributed by atoms with Gasteiger partial charge in [0, 0.05) is 17.8 Å². The second kappa shape index (κ2) is 5.33. The number of pyridine rings is 1. The summed E-state index contributed by atoms with van der Waals surface area (Å²) in [5, 5.41) is 0.724. The van der Waals surface area contributed by atoms with E-state index < -0.39 is 11.7 Å². The molecule has 0 N–H and O–H groups in total. The summed E-state index contributed by atoms with van der Waals surface area (Å²) in [6.45, 7) is 0. The summed E-state index contributed by atoms with van der Waals surface area (Å²) >= 11 is 18.0. The summed E-state index contributed by atoms with van der Waals surface area (Å²) in [5.41, 5.74) is -0.000399. The highest BCUT2D eigenvalue weighted by Gasteiger charge is 2.32. The molecule has 22 heavy (non-hydrogen) atoms. The average molecular weight is 366 g/mol. The van der Waals surface area contributed by atoms with Crippen molar-refractivity contribution in [2.45, 2.75) is 6.18 Å². The minimum absolute atomic E-state index is 0.106. The van der Waals surface area contributed by atoms with E-state index in [4.69, 9.17) is 34.8 Å². The summed E-state index contributed by atoms with van der Waals surface area (Å²) in [6, 6.07) is 5.05. The van der Waals surface area contributed by atoms with Gasteiger partial charge in [0.25, 0.3) is 0 Å². The first-order valence-electron chi connectivity index (χ1n) is 5.97. The Bertz CT molecular complexity index is 848. The van der Waals surface area contributed by atoms with Crippen LogP contribution < -0.4 is 0 Å². The van der Waals surface area contributed by atoms with Crippen molar-refractivity contribution < 1.29 is 13.2 Å². The zero-order valence-electron chi connectivity index (χ0n) is 10.6. The number of aromatic nitrogens is 2. The molecule has 0 saturated carbocycles. The van der Waals surface area contributed by atoms with Crippen LogP contribution in [0, 0.1) is 0 Å². The minimum atomic E-state index is -4.52. The molecule has 114 valence electrons.